The van der Waals surface area contributed by atoms with Gasteiger partial charge in [-0.3, -0.25) is 33.1 Å². The second-order valence-corrected chi connectivity index (χ2v) is 29.3. The fourth-order valence-corrected chi connectivity index (χ4v) is 14.5. The van der Waals surface area contributed by atoms with Crippen molar-refractivity contribution in [3.05, 3.63) is 160 Å². The summed E-state index contributed by atoms with van der Waals surface area (Å²) in [4.78, 5) is 143. The highest BCUT2D eigenvalue weighted by atomic mass is 31.3. The Kier molecular flexibility index (Phi) is 26.7. The molecule has 8 rings (SSSR count). The first kappa shape index (κ1) is 77.8. The van der Waals surface area contributed by atoms with E-state index in [4.69, 9.17) is 44.4 Å². The monoisotopic (exact) mass is 1460 g/mol. The number of nitrogen functional groups attached to an aromatic ring is 1. The number of benzene rings is 2. The number of anilines is 2. The number of phosphoric acid groups is 3. The molecule has 3 amide bonds. The molecule has 3 aliphatic heterocycles. The Labute approximate surface area is 577 Å². The van der Waals surface area contributed by atoms with Gasteiger partial charge in [0.1, 0.15) is 61.0 Å². The van der Waals surface area contributed by atoms with Crippen molar-refractivity contribution in [1.82, 2.24) is 25.5 Å². The fraction of sp³-hybridized carbons (Fsp3) is 0.460. The van der Waals surface area contributed by atoms with Gasteiger partial charge in [-0.05, 0) is 89.6 Å². The largest absolute Gasteiger partial charge is 0.491 e. The molecule has 1 aliphatic carbocycles. The third-order valence-corrected chi connectivity index (χ3v) is 20.5. The molecule has 101 heavy (non-hydrogen) atoms. The van der Waals surface area contributed by atoms with Crippen LogP contribution in [0.15, 0.2) is 115 Å². The number of nitrogens with one attached hydrogen (secondary N) is 3. The Morgan fingerprint density at radius 1 is 0.881 bits per heavy atom. The van der Waals surface area contributed by atoms with E-state index >= 15 is 0 Å². The zero-order valence-corrected chi connectivity index (χ0v) is 58.0. The van der Waals surface area contributed by atoms with Crippen LogP contribution in [0.5, 0.6) is 5.75 Å². The summed E-state index contributed by atoms with van der Waals surface area (Å²) in [6, 6.07) is 8.63. The lowest BCUT2D eigenvalue weighted by atomic mass is 9.69. The molecule has 4 aliphatic rings. The molecule has 38 heteroatoms. The Morgan fingerprint density at radius 3 is 2.35 bits per heavy atom. The number of phosphoric ester groups is 1. The van der Waals surface area contributed by atoms with Gasteiger partial charge in [0.15, 0.2) is 17.8 Å². The van der Waals surface area contributed by atoms with Gasteiger partial charge in [0, 0.05) is 82.7 Å². The number of allylic oxidation sites excluding steroid dienone is 6. The van der Waals surface area contributed by atoms with Crippen LogP contribution in [0.4, 0.5) is 11.5 Å². The van der Waals surface area contributed by atoms with E-state index in [0.29, 0.717) is 54.2 Å². The predicted molar refractivity (Wildman–Crippen MR) is 362 cm³/mol. The lowest BCUT2D eigenvalue weighted by Gasteiger charge is -2.48. The number of rotatable bonds is 34. The summed E-state index contributed by atoms with van der Waals surface area (Å²) in [5.41, 5.74) is 25.5. The first-order chi connectivity index (χ1) is 47.9. The highest BCUT2D eigenvalue weighted by Gasteiger charge is 2.45. The molecule has 7 atom stereocenters. The predicted octanol–water partition coefficient (Wildman–Crippen LogP) is 7.59. The summed E-state index contributed by atoms with van der Waals surface area (Å²) in [6.45, 7) is 7.22. The number of aromatic nitrogens is 2. The number of fused-ring (bicyclic) bond motifs is 2. The maximum Gasteiger partial charge on any atom is 0.490 e. The first-order valence-corrected chi connectivity index (χ1v) is 36.2. The van der Waals surface area contributed by atoms with E-state index in [9.17, 15) is 62.6 Å². The molecule has 7 unspecified atom stereocenters. The van der Waals surface area contributed by atoms with Crippen molar-refractivity contribution in [3.8, 4) is 17.6 Å². The molecule has 0 spiro atoms. The van der Waals surface area contributed by atoms with Crippen LogP contribution in [-0.4, -0.2) is 136 Å². The Bertz CT molecular complexity index is 4390. The molecule has 1 fully saturated rings. The van der Waals surface area contributed by atoms with Gasteiger partial charge < -0.3 is 69.5 Å². The molecule has 4 aromatic rings. The number of carbonyl (C=O) groups excluding carboxylic acids is 5. The van der Waals surface area contributed by atoms with Crippen LogP contribution < -0.4 is 42.6 Å². The minimum absolute atomic E-state index is 0.0443. The van der Waals surface area contributed by atoms with E-state index in [2.05, 4.69) is 98.6 Å². The molecular weight excluding hydrogens is 1380 g/mol. The molecule has 5 heterocycles. The lowest BCUT2D eigenvalue weighted by Crippen LogP contribution is -2.49. The van der Waals surface area contributed by atoms with Crippen LogP contribution in [0.3, 0.4) is 0 Å². The van der Waals surface area contributed by atoms with E-state index in [0.717, 1.165) is 53.5 Å². The van der Waals surface area contributed by atoms with Crippen molar-refractivity contribution in [3.63, 3.8) is 0 Å². The van der Waals surface area contributed by atoms with Gasteiger partial charge in [-0.15, -0.1) is 0 Å². The van der Waals surface area contributed by atoms with E-state index < -0.39 is 103 Å². The first-order valence-electron chi connectivity index (χ1n) is 31.7. The normalized spacial score (nSPS) is 19.6. The molecule has 0 radical (unpaired) electrons. The molecule has 2 aromatic carbocycles. The van der Waals surface area contributed by atoms with Gasteiger partial charge >= 0.3 is 34.8 Å². The van der Waals surface area contributed by atoms with E-state index in [1.807, 2.05) is 6.07 Å². The number of Topliss-reactive ketones (excluding diaryl/α,β-unsaturated/α-hetero) is 2. The summed E-state index contributed by atoms with van der Waals surface area (Å²) in [5.74, 6) is 2.60. The number of amides is 3. The molecule has 0 bridgehead atoms. The van der Waals surface area contributed by atoms with Gasteiger partial charge in [0.25, 0.3) is 11.8 Å². The summed E-state index contributed by atoms with van der Waals surface area (Å²) < 4.78 is 76.6. The smallest absolute Gasteiger partial charge is 0.490 e. The molecule has 2 aromatic heterocycles. The van der Waals surface area contributed by atoms with Crippen LogP contribution in [0.2, 0.25) is 0 Å². The zero-order chi connectivity index (χ0) is 73.3. The number of nitrogens with zero attached hydrogens (tertiary/aromatic N) is 9. The van der Waals surface area contributed by atoms with Crippen molar-refractivity contribution in [2.75, 3.05) is 63.4 Å². The number of hydrogen-bond acceptors (Lipinski definition) is 23. The highest BCUT2D eigenvalue weighted by Crippen LogP contribution is 2.66. The van der Waals surface area contributed by atoms with Crippen LogP contribution in [-0.2, 0) is 66.3 Å². The number of nitrogens with two attached hydrogens (primary N) is 1. The lowest BCUT2D eigenvalue weighted by molar-refractivity contribution is -0.128. The van der Waals surface area contributed by atoms with Crippen molar-refractivity contribution in [2.45, 2.75) is 133 Å². The number of unbranched alkanes of at least 4 members (excludes halogenated alkanes) is 4. The van der Waals surface area contributed by atoms with Gasteiger partial charge in [-0.2, -0.15) is 13.6 Å². The Balaban J connectivity index is 0.784. The van der Waals surface area contributed by atoms with E-state index in [1.54, 1.807) is 66.8 Å². The third kappa shape index (κ3) is 22.1. The maximum absolute atomic E-state index is 14.2. The summed E-state index contributed by atoms with van der Waals surface area (Å²) >= 11 is 0. The Hall–Kier alpha value is -8.89. The topological polar surface area (TPSA) is 510 Å². The second-order valence-electron chi connectivity index (χ2n) is 24.8. The average molecular weight is 1460 g/mol. The van der Waals surface area contributed by atoms with E-state index in [1.165, 1.54) is 6.07 Å². The van der Waals surface area contributed by atoms with Gasteiger partial charge in [-0.1, -0.05) is 112 Å². The second kappa shape index (κ2) is 34.7. The summed E-state index contributed by atoms with van der Waals surface area (Å²) in [7, 11) is -17.2. The van der Waals surface area contributed by atoms with Crippen molar-refractivity contribution in [1.29, 1.82) is 0 Å². The maximum atomic E-state index is 14.2. The number of carbonyl (C=O) groups is 5. The quantitative estimate of drug-likeness (QED) is 0.00326. The van der Waals surface area contributed by atoms with Gasteiger partial charge in [0.05, 0.1) is 24.8 Å². The van der Waals surface area contributed by atoms with Crippen LogP contribution >= 0.6 is 23.5 Å². The van der Waals surface area contributed by atoms with Crippen molar-refractivity contribution < 1.29 is 93.8 Å². The standard InChI is InChI=1S/C63H76N13O22P3/c1-62(2)24-27-75-28-25-63(3,4)54-55(75)45(62)31-42-30-44(60(82)96-56(42)54)59(81)70-46(33-68-58(80)39-17-11-7-5-8-12-18-39)48(78)23-14-10-6-9-13-22-47(77)40-19-15-21-43(29-40)91-37-52(72-74-66)92-36-51(79)67-26-16-20-41-34-76(61(83)71-57(41)64)53-32-49(93-38-69-73-65)50(95-53)35-94-100(87,88)98-101(89,90)97-99(84,85)86/h5,7-8,11-12,15,17-19,21,29-31,34,46,49-50,52-53H,6,9-10,13-14,22-28,32-33,35-38H2,1-4H3,(H,67,79)(H,68,80)(H,70,81)(H,87,88)(H,89,90)(H2,64,71,83)(H2,84,85,86)/b7-5-,8-5?,11-7?,12-8-,17-11?,18-12?,39-17?,39-18?. The van der Waals surface area contributed by atoms with Crippen molar-refractivity contribution >= 4 is 75.2 Å². The van der Waals surface area contributed by atoms with Gasteiger partial charge in [-0.25, -0.2) is 23.3 Å². The SMILES string of the molecule is CC1(C)CCN2CCC(C)(C)c3c2c1cc1cc(C(=O)NC(CNC(=O)C2=C/C=C\C=C/C=C2)C(=O)CCCCCCCC(=O)c2cccc(OCC(N=[N+]=[N-])OCC(=O)NCC#Cc4cn(C5CC(OCN=[N+]=[N-])C(COP(=O)(O)OP(=O)(O)OP(=O)(O)O)O5)c(=O)nc4N)c2)c(=O)oc31. The number of ketones is 2. The van der Waals surface area contributed by atoms with E-state index in [-0.39, 0.29) is 84.0 Å². The highest BCUT2D eigenvalue weighted by molar-refractivity contribution is 7.66. The number of hydrogen-bond donors (Lipinski definition) is 8. The Morgan fingerprint density at radius 2 is 1.60 bits per heavy atom. The van der Waals surface area contributed by atoms with Crippen molar-refractivity contribution in [2.24, 2.45) is 10.2 Å². The molecule has 35 nitrogen and oxygen atoms in total. The van der Waals surface area contributed by atoms with Crippen LogP contribution in [0.1, 0.15) is 136 Å². The third-order valence-electron chi connectivity index (χ3n) is 16.7. The minimum Gasteiger partial charge on any atom is -0.491 e. The summed E-state index contributed by atoms with van der Waals surface area (Å²) in [6.07, 6.45) is 12.5. The number of azide groups is 2. The molecule has 0 saturated carbocycles. The van der Waals surface area contributed by atoms with Crippen LogP contribution in [0.25, 0.3) is 31.9 Å². The molecule has 9 N–H and O–H groups in total. The summed E-state index contributed by atoms with van der Waals surface area (Å²) in [5, 5.41) is 15.4. The molecule has 1 saturated heterocycles. The minimum atomic E-state index is -5.87. The van der Waals surface area contributed by atoms with Gasteiger partial charge in [0.2, 0.25) is 5.91 Å². The number of ether oxygens (including phenoxy) is 4. The average Bonchev–Trinajstić information content (AvgIpc) is 0.912. The fourth-order valence-electron chi connectivity index (χ4n) is 11.5. The molecular formula is C63H76N13O22P3. The molecule has 540 valence electrons. The zero-order valence-electron chi connectivity index (χ0n) is 55.3. The van der Waals surface area contributed by atoms with Crippen LogP contribution in [0, 0.1) is 11.8 Å².